The molecule has 22 heavy (non-hydrogen) atoms. The molecule has 1 atom stereocenters. The second-order valence-electron chi connectivity index (χ2n) is 5.93. The van der Waals surface area contributed by atoms with Gasteiger partial charge in [-0.25, -0.2) is 4.79 Å². The number of ether oxygens (including phenoxy) is 2. The Morgan fingerprint density at radius 1 is 1.32 bits per heavy atom. The minimum Gasteiger partial charge on any atom is -0.508 e. The summed E-state index contributed by atoms with van der Waals surface area (Å²) >= 11 is 0. The molecule has 0 heterocycles. The number of phenolic OH excluding ortho intramolecular Hbond substituents is 1. The van der Waals surface area contributed by atoms with Gasteiger partial charge >= 0.3 is 5.97 Å². The Morgan fingerprint density at radius 3 is 2.77 bits per heavy atom. The van der Waals surface area contributed by atoms with Gasteiger partial charge in [-0.2, -0.15) is 0 Å². The Kier molecular flexibility index (Phi) is 6.72. The zero-order valence-electron chi connectivity index (χ0n) is 13.3. The van der Waals surface area contributed by atoms with Crippen molar-refractivity contribution in [2.45, 2.75) is 64.1 Å². The summed E-state index contributed by atoms with van der Waals surface area (Å²) in [5.74, 6) is -0.0911. The maximum absolute atomic E-state index is 12.3. The standard InChI is InChI=1S/C18H26O4/c1-2-11-21-18(20)17(22-16-9-4-3-5-10-16)13-14-7-6-8-15(19)12-14/h6-8,12,16-17,19H,2-5,9-11,13H2,1H3. The van der Waals surface area contributed by atoms with E-state index in [0.29, 0.717) is 13.0 Å². The molecule has 4 heteroatoms. The Labute approximate surface area is 132 Å². The predicted octanol–water partition coefficient (Wildman–Crippen LogP) is 3.61. The average Bonchev–Trinajstić information content (AvgIpc) is 2.53. The van der Waals surface area contributed by atoms with Gasteiger partial charge in [0.1, 0.15) is 5.75 Å². The molecule has 1 N–H and O–H groups in total. The average molecular weight is 306 g/mol. The minimum atomic E-state index is -0.587. The predicted molar refractivity (Wildman–Crippen MR) is 84.8 cm³/mol. The zero-order valence-corrected chi connectivity index (χ0v) is 13.3. The summed E-state index contributed by atoms with van der Waals surface area (Å²) in [6, 6.07) is 6.96. The van der Waals surface area contributed by atoms with E-state index < -0.39 is 6.10 Å². The van der Waals surface area contributed by atoms with Crippen LogP contribution >= 0.6 is 0 Å². The molecule has 2 rings (SSSR count). The van der Waals surface area contributed by atoms with Crippen LogP contribution in [0, 0.1) is 0 Å². The number of benzene rings is 1. The third-order valence-corrected chi connectivity index (χ3v) is 3.95. The van der Waals surface area contributed by atoms with Gasteiger partial charge in [0.2, 0.25) is 0 Å². The fraction of sp³-hybridized carbons (Fsp3) is 0.611. The molecule has 1 aliphatic rings. The normalized spacial score (nSPS) is 17.1. The Balaban J connectivity index is 2.01. The van der Waals surface area contributed by atoms with Crippen LogP contribution in [0.2, 0.25) is 0 Å². The summed E-state index contributed by atoms with van der Waals surface area (Å²) in [6.45, 7) is 2.39. The van der Waals surface area contributed by atoms with E-state index in [9.17, 15) is 9.90 Å². The second kappa shape index (κ2) is 8.79. The van der Waals surface area contributed by atoms with Crippen molar-refractivity contribution in [3.63, 3.8) is 0 Å². The first-order chi connectivity index (χ1) is 10.7. The first kappa shape index (κ1) is 16.8. The molecule has 0 bridgehead atoms. The molecule has 122 valence electrons. The monoisotopic (exact) mass is 306 g/mol. The number of esters is 1. The van der Waals surface area contributed by atoms with Crippen LogP contribution in [0.5, 0.6) is 5.75 Å². The van der Waals surface area contributed by atoms with E-state index >= 15 is 0 Å². The van der Waals surface area contributed by atoms with Crippen LogP contribution in [-0.4, -0.2) is 29.9 Å². The number of hydrogen-bond donors (Lipinski definition) is 1. The van der Waals surface area contributed by atoms with Gasteiger partial charge in [-0.05, 0) is 37.0 Å². The van der Waals surface area contributed by atoms with E-state index in [1.807, 2.05) is 13.0 Å². The van der Waals surface area contributed by atoms with Gasteiger partial charge < -0.3 is 14.6 Å². The van der Waals surface area contributed by atoms with Crippen LogP contribution in [-0.2, 0) is 20.7 Å². The molecule has 0 amide bonds. The lowest BCUT2D eigenvalue weighted by Crippen LogP contribution is -2.34. The van der Waals surface area contributed by atoms with Gasteiger partial charge in [0.15, 0.2) is 6.10 Å². The highest BCUT2D eigenvalue weighted by atomic mass is 16.6. The first-order valence-corrected chi connectivity index (χ1v) is 8.29. The van der Waals surface area contributed by atoms with E-state index in [-0.39, 0.29) is 17.8 Å². The summed E-state index contributed by atoms with van der Waals surface area (Å²) in [5, 5.41) is 9.57. The number of rotatable bonds is 7. The third-order valence-electron chi connectivity index (χ3n) is 3.95. The molecular weight excluding hydrogens is 280 g/mol. The minimum absolute atomic E-state index is 0.144. The molecule has 0 aromatic heterocycles. The highest BCUT2D eigenvalue weighted by molar-refractivity contribution is 5.75. The lowest BCUT2D eigenvalue weighted by molar-refractivity contribution is -0.162. The van der Waals surface area contributed by atoms with Crippen molar-refractivity contribution in [3.05, 3.63) is 29.8 Å². The molecule has 1 unspecified atom stereocenters. The van der Waals surface area contributed by atoms with Crippen LogP contribution in [0.3, 0.4) is 0 Å². The molecule has 1 aliphatic carbocycles. The molecule has 1 fully saturated rings. The van der Waals surface area contributed by atoms with Gasteiger partial charge in [-0.3, -0.25) is 0 Å². The van der Waals surface area contributed by atoms with Gasteiger partial charge in [-0.1, -0.05) is 38.3 Å². The van der Waals surface area contributed by atoms with Crippen molar-refractivity contribution in [2.75, 3.05) is 6.61 Å². The highest BCUT2D eigenvalue weighted by Crippen LogP contribution is 2.23. The molecular formula is C18H26O4. The Bertz CT molecular complexity index is 466. The van der Waals surface area contributed by atoms with Crippen molar-refractivity contribution in [1.82, 2.24) is 0 Å². The van der Waals surface area contributed by atoms with Crippen molar-refractivity contribution in [1.29, 1.82) is 0 Å². The molecule has 0 spiro atoms. The summed E-state index contributed by atoms with van der Waals surface area (Å²) in [7, 11) is 0. The van der Waals surface area contributed by atoms with Crippen molar-refractivity contribution < 1.29 is 19.4 Å². The number of phenols is 1. The Morgan fingerprint density at radius 2 is 2.09 bits per heavy atom. The SMILES string of the molecule is CCCOC(=O)C(Cc1cccc(O)c1)OC1CCCCC1. The molecule has 1 aromatic carbocycles. The molecule has 0 aliphatic heterocycles. The van der Waals surface area contributed by atoms with E-state index in [0.717, 1.165) is 37.7 Å². The molecule has 4 nitrogen and oxygen atoms in total. The summed E-state index contributed by atoms with van der Waals surface area (Å²) in [6.07, 6.45) is 6.39. The van der Waals surface area contributed by atoms with Crippen molar-refractivity contribution in [2.24, 2.45) is 0 Å². The fourth-order valence-electron chi connectivity index (χ4n) is 2.81. The maximum Gasteiger partial charge on any atom is 0.335 e. The summed E-state index contributed by atoms with van der Waals surface area (Å²) in [4.78, 5) is 12.3. The lowest BCUT2D eigenvalue weighted by atomic mass is 9.97. The quantitative estimate of drug-likeness (QED) is 0.782. The third kappa shape index (κ3) is 5.34. The van der Waals surface area contributed by atoms with E-state index in [1.54, 1.807) is 18.2 Å². The van der Waals surface area contributed by atoms with Crippen LogP contribution in [0.15, 0.2) is 24.3 Å². The number of carbonyl (C=O) groups is 1. The number of aromatic hydroxyl groups is 1. The maximum atomic E-state index is 12.3. The smallest absolute Gasteiger partial charge is 0.335 e. The fourth-order valence-corrected chi connectivity index (χ4v) is 2.81. The summed E-state index contributed by atoms with van der Waals surface area (Å²) < 4.78 is 11.3. The molecule has 0 radical (unpaired) electrons. The second-order valence-corrected chi connectivity index (χ2v) is 5.93. The largest absolute Gasteiger partial charge is 0.508 e. The number of carbonyl (C=O) groups excluding carboxylic acids is 1. The molecule has 0 saturated heterocycles. The molecule has 1 aromatic rings. The first-order valence-electron chi connectivity index (χ1n) is 8.29. The van der Waals surface area contributed by atoms with Crippen LogP contribution in [0.1, 0.15) is 51.0 Å². The topological polar surface area (TPSA) is 55.8 Å². The van der Waals surface area contributed by atoms with Gasteiger partial charge in [0.05, 0.1) is 12.7 Å². The van der Waals surface area contributed by atoms with Crippen LogP contribution < -0.4 is 0 Å². The lowest BCUT2D eigenvalue weighted by Gasteiger charge is -2.26. The van der Waals surface area contributed by atoms with E-state index in [1.165, 1.54) is 6.42 Å². The van der Waals surface area contributed by atoms with E-state index in [4.69, 9.17) is 9.47 Å². The zero-order chi connectivity index (χ0) is 15.8. The Hall–Kier alpha value is -1.55. The van der Waals surface area contributed by atoms with E-state index in [2.05, 4.69) is 0 Å². The van der Waals surface area contributed by atoms with Gasteiger partial charge in [0.25, 0.3) is 0 Å². The van der Waals surface area contributed by atoms with Crippen LogP contribution in [0.4, 0.5) is 0 Å². The van der Waals surface area contributed by atoms with Gasteiger partial charge in [-0.15, -0.1) is 0 Å². The summed E-state index contributed by atoms with van der Waals surface area (Å²) in [5.41, 5.74) is 0.884. The molecule has 1 saturated carbocycles. The van der Waals surface area contributed by atoms with Crippen LogP contribution in [0.25, 0.3) is 0 Å². The highest BCUT2D eigenvalue weighted by Gasteiger charge is 2.26. The number of hydrogen-bond acceptors (Lipinski definition) is 4. The van der Waals surface area contributed by atoms with Crippen molar-refractivity contribution in [3.8, 4) is 5.75 Å². The van der Waals surface area contributed by atoms with Gasteiger partial charge in [0, 0.05) is 6.42 Å². The van der Waals surface area contributed by atoms with Crippen molar-refractivity contribution >= 4 is 5.97 Å².